The molecule has 2 heterocycles. The summed E-state index contributed by atoms with van der Waals surface area (Å²) in [5, 5.41) is 0.841. The molecule has 0 bridgehead atoms. The summed E-state index contributed by atoms with van der Waals surface area (Å²) < 4.78 is 6.65. The molecule has 0 unspecified atom stereocenters. The molecule has 1 aromatic carbocycles. The number of carbonyl (C=O) groups excluding carboxylic acids is 2. The zero-order chi connectivity index (χ0) is 18.0. The van der Waals surface area contributed by atoms with Crippen molar-refractivity contribution in [3.05, 3.63) is 50.6 Å². The average molecular weight is 395 g/mol. The van der Waals surface area contributed by atoms with E-state index >= 15 is 0 Å². The van der Waals surface area contributed by atoms with Gasteiger partial charge in [-0.3, -0.25) is 4.79 Å². The molecular weight excluding hydrogens is 380 g/mol. The summed E-state index contributed by atoms with van der Waals surface area (Å²) in [5.41, 5.74) is 0.913. The number of amides is 1. The van der Waals surface area contributed by atoms with Crippen LogP contribution in [0.2, 0.25) is 4.34 Å². The first-order valence-corrected chi connectivity index (χ1v) is 9.50. The molecule has 25 heavy (non-hydrogen) atoms. The normalized spacial score (nSPS) is 12.1. The lowest BCUT2D eigenvalue weighted by molar-refractivity contribution is -0.135. The molecular formula is C17H15ClN2O3S2. The van der Waals surface area contributed by atoms with E-state index in [4.69, 9.17) is 16.3 Å². The van der Waals surface area contributed by atoms with Gasteiger partial charge in [-0.2, -0.15) is 0 Å². The van der Waals surface area contributed by atoms with Crippen molar-refractivity contribution in [3.8, 4) is 0 Å². The van der Waals surface area contributed by atoms with Crippen LogP contribution in [-0.4, -0.2) is 35.4 Å². The van der Waals surface area contributed by atoms with Crippen molar-refractivity contribution in [1.29, 1.82) is 0 Å². The largest absolute Gasteiger partial charge is 0.451 e. The van der Waals surface area contributed by atoms with Crippen LogP contribution in [0.25, 0.3) is 10.2 Å². The maximum Gasteiger partial charge on any atom is 0.348 e. The van der Waals surface area contributed by atoms with Crippen molar-refractivity contribution >= 4 is 56.4 Å². The second-order valence-corrected chi connectivity index (χ2v) is 8.16. The molecule has 0 saturated heterocycles. The fourth-order valence-corrected chi connectivity index (χ4v) is 4.17. The number of thiazole rings is 1. The number of esters is 1. The Morgan fingerprint density at radius 2 is 2.00 bits per heavy atom. The Labute approximate surface area is 157 Å². The molecule has 0 aliphatic carbocycles. The molecule has 1 atom stereocenters. The highest BCUT2D eigenvalue weighted by molar-refractivity contribution is 7.18. The van der Waals surface area contributed by atoms with Gasteiger partial charge in [-0.05, 0) is 31.2 Å². The monoisotopic (exact) mass is 394 g/mol. The van der Waals surface area contributed by atoms with Gasteiger partial charge < -0.3 is 9.64 Å². The van der Waals surface area contributed by atoms with E-state index in [2.05, 4.69) is 4.98 Å². The third-order valence-electron chi connectivity index (χ3n) is 3.74. The molecule has 1 amide bonds. The molecule has 0 aliphatic heterocycles. The Morgan fingerprint density at radius 1 is 1.24 bits per heavy atom. The van der Waals surface area contributed by atoms with Crippen LogP contribution in [0.5, 0.6) is 0 Å². The smallest absolute Gasteiger partial charge is 0.348 e. The fourth-order valence-electron chi connectivity index (χ4n) is 2.17. The van der Waals surface area contributed by atoms with Crippen LogP contribution in [0.4, 0.5) is 0 Å². The van der Waals surface area contributed by atoms with E-state index in [0.717, 1.165) is 26.6 Å². The number of carbonyl (C=O) groups is 2. The minimum Gasteiger partial charge on any atom is -0.451 e. The summed E-state index contributed by atoms with van der Waals surface area (Å²) in [6.07, 6.45) is 0. The first-order chi connectivity index (χ1) is 12.0. The van der Waals surface area contributed by atoms with E-state index in [9.17, 15) is 9.59 Å². The third kappa shape index (κ3) is 4.00. The molecule has 3 rings (SSSR count). The summed E-state index contributed by atoms with van der Waals surface area (Å²) in [6.45, 7) is 1.58. The molecule has 0 radical (unpaired) electrons. The van der Waals surface area contributed by atoms with Gasteiger partial charge in [0.2, 0.25) is 0 Å². The van der Waals surface area contributed by atoms with Crippen LogP contribution in [0.15, 0.2) is 36.4 Å². The van der Waals surface area contributed by atoms with Gasteiger partial charge in [0.15, 0.2) is 6.61 Å². The summed E-state index contributed by atoms with van der Waals surface area (Å²) in [7, 11) is 1.68. The van der Waals surface area contributed by atoms with Crippen LogP contribution < -0.4 is 0 Å². The standard InChI is InChI=1S/C17H15ClN2O3S2/c1-10(16-19-11-5-3-4-6-12(11)25-16)20(2)15(21)9-23-17(22)13-7-8-14(18)24-13/h3-8,10H,9H2,1-2H3/t10-/m1/s1. The molecule has 0 saturated carbocycles. The number of benzene rings is 1. The highest BCUT2D eigenvalue weighted by atomic mass is 35.5. The highest BCUT2D eigenvalue weighted by Gasteiger charge is 2.22. The molecule has 0 fully saturated rings. The Bertz CT molecular complexity index is 888. The number of thiophene rings is 1. The van der Waals surface area contributed by atoms with Gasteiger partial charge in [0.1, 0.15) is 9.88 Å². The first-order valence-electron chi connectivity index (χ1n) is 7.49. The SMILES string of the molecule is C[C@H](c1nc2ccccc2s1)N(C)C(=O)COC(=O)c1ccc(Cl)s1. The van der Waals surface area contributed by atoms with Crippen molar-refractivity contribution in [2.75, 3.05) is 13.7 Å². The highest BCUT2D eigenvalue weighted by Crippen LogP contribution is 2.29. The lowest BCUT2D eigenvalue weighted by Gasteiger charge is -2.22. The van der Waals surface area contributed by atoms with E-state index in [-0.39, 0.29) is 18.6 Å². The number of fused-ring (bicyclic) bond motifs is 1. The number of aromatic nitrogens is 1. The molecule has 2 aromatic heterocycles. The number of rotatable bonds is 5. The second-order valence-electron chi connectivity index (χ2n) is 5.38. The number of para-hydroxylation sites is 1. The minimum absolute atomic E-state index is 0.209. The maximum absolute atomic E-state index is 12.3. The van der Waals surface area contributed by atoms with Gasteiger partial charge in [0.25, 0.3) is 5.91 Å². The summed E-state index contributed by atoms with van der Waals surface area (Å²) in [5.74, 6) is -0.839. The summed E-state index contributed by atoms with van der Waals surface area (Å²) >= 11 is 8.46. The minimum atomic E-state index is -0.550. The third-order valence-corrected chi connectivity index (χ3v) is 6.16. The number of nitrogens with zero attached hydrogens (tertiary/aromatic N) is 2. The number of hydrogen-bond donors (Lipinski definition) is 0. The molecule has 3 aromatic rings. The molecule has 130 valence electrons. The van der Waals surface area contributed by atoms with Crippen LogP contribution >= 0.6 is 34.3 Å². The topological polar surface area (TPSA) is 59.5 Å². The van der Waals surface area contributed by atoms with E-state index in [1.54, 1.807) is 30.5 Å². The van der Waals surface area contributed by atoms with E-state index < -0.39 is 5.97 Å². The van der Waals surface area contributed by atoms with Gasteiger partial charge in [-0.15, -0.1) is 22.7 Å². The van der Waals surface area contributed by atoms with Gasteiger partial charge in [-0.25, -0.2) is 9.78 Å². The molecule has 0 aliphatic rings. The molecule has 0 N–H and O–H groups in total. The van der Waals surface area contributed by atoms with Gasteiger partial charge in [0.05, 0.1) is 20.6 Å². The van der Waals surface area contributed by atoms with Crippen LogP contribution in [0, 0.1) is 0 Å². The second kappa shape index (κ2) is 7.51. The Hall–Kier alpha value is -1.96. The van der Waals surface area contributed by atoms with E-state index in [1.807, 2.05) is 31.2 Å². The average Bonchev–Trinajstić information content (AvgIpc) is 3.24. The zero-order valence-corrected chi connectivity index (χ0v) is 16.0. The van der Waals surface area contributed by atoms with Crippen molar-refractivity contribution < 1.29 is 14.3 Å². The fraction of sp³-hybridized carbons (Fsp3) is 0.235. The van der Waals surface area contributed by atoms with E-state index in [1.165, 1.54) is 4.90 Å². The molecule has 8 heteroatoms. The summed E-state index contributed by atoms with van der Waals surface area (Å²) in [6, 6.07) is 10.8. The maximum atomic E-state index is 12.3. The van der Waals surface area contributed by atoms with Crippen molar-refractivity contribution in [1.82, 2.24) is 9.88 Å². The van der Waals surface area contributed by atoms with Crippen LogP contribution in [0.3, 0.4) is 0 Å². The van der Waals surface area contributed by atoms with Crippen LogP contribution in [-0.2, 0) is 9.53 Å². The number of ether oxygens (including phenoxy) is 1. The predicted molar refractivity (Wildman–Crippen MR) is 100 cm³/mol. The molecule has 0 spiro atoms. The number of hydrogen-bond acceptors (Lipinski definition) is 6. The Morgan fingerprint density at radius 3 is 2.68 bits per heavy atom. The van der Waals surface area contributed by atoms with Crippen molar-refractivity contribution in [2.24, 2.45) is 0 Å². The van der Waals surface area contributed by atoms with E-state index in [0.29, 0.717) is 9.21 Å². The summed E-state index contributed by atoms with van der Waals surface area (Å²) in [4.78, 5) is 30.7. The zero-order valence-electron chi connectivity index (χ0n) is 13.6. The lowest BCUT2D eigenvalue weighted by Crippen LogP contribution is -2.33. The predicted octanol–water partition coefficient (Wildman–Crippen LogP) is 4.39. The Kier molecular flexibility index (Phi) is 5.36. The van der Waals surface area contributed by atoms with Gasteiger partial charge in [0, 0.05) is 7.05 Å². The first kappa shape index (κ1) is 17.8. The van der Waals surface area contributed by atoms with Gasteiger partial charge >= 0.3 is 5.97 Å². The lowest BCUT2D eigenvalue weighted by atomic mass is 10.3. The quantitative estimate of drug-likeness (QED) is 0.602. The Balaban J connectivity index is 1.62. The van der Waals surface area contributed by atoms with Crippen molar-refractivity contribution in [2.45, 2.75) is 13.0 Å². The van der Waals surface area contributed by atoms with Crippen molar-refractivity contribution in [3.63, 3.8) is 0 Å². The van der Waals surface area contributed by atoms with Crippen LogP contribution in [0.1, 0.15) is 27.6 Å². The van der Waals surface area contributed by atoms with Gasteiger partial charge in [-0.1, -0.05) is 23.7 Å². The number of likely N-dealkylation sites (N-methyl/N-ethyl adjacent to an activating group) is 1. The number of halogens is 1. The molecule has 5 nitrogen and oxygen atoms in total.